The van der Waals surface area contributed by atoms with E-state index in [-0.39, 0.29) is 17.9 Å². The number of carbonyl (C=O) groups is 2. The third-order valence-corrected chi connectivity index (χ3v) is 5.93. The SMILES string of the molecule is CCOc1c(Cl)cc(/C=C/C(=O)NNC(=O)[C@@H]2CCS(=O)(=O)C2)cc1OC. The number of carbonyl (C=O) groups excluding carboxylic acids is 2. The number of halogens is 1. The van der Waals surface area contributed by atoms with Crippen molar-refractivity contribution in [3.63, 3.8) is 0 Å². The molecule has 148 valence electrons. The monoisotopic (exact) mass is 416 g/mol. The van der Waals surface area contributed by atoms with Crippen LogP contribution in [0.1, 0.15) is 18.9 Å². The number of rotatable bonds is 6. The average Bonchev–Trinajstić information content (AvgIpc) is 2.99. The van der Waals surface area contributed by atoms with E-state index in [4.69, 9.17) is 21.1 Å². The largest absolute Gasteiger partial charge is 0.493 e. The van der Waals surface area contributed by atoms with Gasteiger partial charge in [0.1, 0.15) is 0 Å². The molecular formula is C17H21ClN2O6S. The second-order valence-electron chi connectivity index (χ2n) is 5.88. The Morgan fingerprint density at radius 3 is 2.67 bits per heavy atom. The molecule has 27 heavy (non-hydrogen) atoms. The van der Waals surface area contributed by atoms with Crippen molar-refractivity contribution in [3.8, 4) is 11.5 Å². The fourth-order valence-corrected chi connectivity index (χ4v) is 4.58. The Kier molecular flexibility index (Phi) is 7.09. The Bertz CT molecular complexity index is 853. The molecule has 0 aliphatic carbocycles. The molecule has 10 heteroatoms. The second-order valence-corrected chi connectivity index (χ2v) is 8.51. The molecule has 0 aromatic heterocycles. The average molecular weight is 417 g/mol. The Hall–Kier alpha value is -2.26. The first-order valence-electron chi connectivity index (χ1n) is 8.24. The van der Waals surface area contributed by atoms with Crippen LogP contribution in [0.15, 0.2) is 18.2 Å². The normalized spacial score (nSPS) is 18.3. The van der Waals surface area contributed by atoms with Gasteiger partial charge in [-0.15, -0.1) is 0 Å². The highest BCUT2D eigenvalue weighted by molar-refractivity contribution is 7.91. The summed E-state index contributed by atoms with van der Waals surface area (Å²) < 4.78 is 33.4. The number of hydrogen-bond acceptors (Lipinski definition) is 6. The van der Waals surface area contributed by atoms with Crippen molar-refractivity contribution >= 4 is 39.3 Å². The fourth-order valence-electron chi connectivity index (χ4n) is 2.56. The first-order valence-corrected chi connectivity index (χ1v) is 10.4. The van der Waals surface area contributed by atoms with Gasteiger partial charge in [0, 0.05) is 6.08 Å². The molecule has 0 radical (unpaired) electrons. The van der Waals surface area contributed by atoms with E-state index >= 15 is 0 Å². The number of hydrazine groups is 1. The predicted octanol–water partition coefficient (Wildman–Crippen LogP) is 1.34. The molecule has 1 saturated heterocycles. The fraction of sp³-hybridized carbons (Fsp3) is 0.412. The number of ether oxygens (including phenoxy) is 2. The van der Waals surface area contributed by atoms with Crippen LogP contribution < -0.4 is 20.3 Å². The molecule has 0 spiro atoms. The van der Waals surface area contributed by atoms with Crippen molar-refractivity contribution < 1.29 is 27.5 Å². The summed E-state index contributed by atoms with van der Waals surface area (Å²) >= 11 is 6.16. The van der Waals surface area contributed by atoms with Crippen molar-refractivity contribution in [1.82, 2.24) is 10.9 Å². The highest BCUT2D eigenvalue weighted by Gasteiger charge is 2.32. The van der Waals surface area contributed by atoms with E-state index in [1.165, 1.54) is 19.3 Å². The summed E-state index contributed by atoms with van der Waals surface area (Å²) in [5.74, 6) is -1.11. The lowest BCUT2D eigenvalue weighted by Crippen LogP contribution is -2.44. The van der Waals surface area contributed by atoms with Crippen LogP contribution in [0.3, 0.4) is 0 Å². The smallest absolute Gasteiger partial charge is 0.262 e. The van der Waals surface area contributed by atoms with E-state index in [1.54, 1.807) is 12.1 Å². The molecule has 1 atom stereocenters. The van der Waals surface area contributed by atoms with Gasteiger partial charge >= 0.3 is 0 Å². The Balaban J connectivity index is 1.94. The molecule has 0 bridgehead atoms. The van der Waals surface area contributed by atoms with Crippen LogP contribution in [0.25, 0.3) is 6.08 Å². The third-order valence-electron chi connectivity index (χ3n) is 3.88. The minimum Gasteiger partial charge on any atom is -0.493 e. The van der Waals surface area contributed by atoms with E-state index in [9.17, 15) is 18.0 Å². The van der Waals surface area contributed by atoms with E-state index in [1.807, 2.05) is 6.92 Å². The number of hydrogen-bond donors (Lipinski definition) is 2. The van der Waals surface area contributed by atoms with Crippen molar-refractivity contribution in [2.45, 2.75) is 13.3 Å². The lowest BCUT2D eigenvalue weighted by Gasteiger charge is -2.12. The summed E-state index contributed by atoms with van der Waals surface area (Å²) in [4.78, 5) is 23.7. The van der Waals surface area contributed by atoms with E-state index in [0.717, 1.165) is 0 Å². The topological polar surface area (TPSA) is 111 Å². The summed E-state index contributed by atoms with van der Waals surface area (Å²) in [5.41, 5.74) is 5.06. The van der Waals surface area contributed by atoms with Crippen LogP contribution in [-0.2, 0) is 19.4 Å². The van der Waals surface area contributed by atoms with Gasteiger partial charge < -0.3 is 9.47 Å². The van der Waals surface area contributed by atoms with Crippen LogP contribution >= 0.6 is 11.6 Å². The summed E-state index contributed by atoms with van der Waals surface area (Å²) in [6, 6.07) is 3.27. The number of nitrogens with one attached hydrogen (secondary N) is 2. The molecule has 1 aliphatic rings. The van der Waals surface area contributed by atoms with Crippen molar-refractivity contribution in [2.75, 3.05) is 25.2 Å². The van der Waals surface area contributed by atoms with Gasteiger partial charge in [0.25, 0.3) is 5.91 Å². The Morgan fingerprint density at radius 2 is 2.07 bits per heavy atom. The van der Waals surface area contributed by atoms with E-state index in [2.05, 4.69) is 10.9 Å². The van der Waals surface area contributed by atoms with E-state index < -0.39 is 27.6 Å². The minimum absolute atomic E-state index is 0.0146. The molecular weight excluding hydrogens is 396 g/mol. The molecule has 0 unspecified atom stereocenters. The summed E-state index contributed by atoms with van der Waals surface area (Å²) in [7, 11) is -1.69. The summed E-state index contributed by atoms with van der Waals surface area (Å²) in [6.07, 6.45) is 2.95. The molecule has 2 rings (SSSR count). The first kappa shape index (κ1) is 21.0. The van der Waals surface area contributed by atoms with Crippen LogP contribution in [0.2, 0.25) is 5.02 Å². The molecule has 2 amide bonds. The van der Waals surface area contributed by atoms with Crippen LogP contribution in [0.4, 0.5) is 0 Å². The molecule has 1 aromatic rings. The highest BCUT2D eigenvalue weighted by Crippen LogP contribution is 2.36. The van der Waals surface area contributed by atoms with Gasteiger partial charge in [-0.2, -0.15) is 0 Å². The quantitative estimate of drug-likeness (QED) is 0.534. The Morgan fingerprint density at radius 1 is 1.33 bits per heavy atom. The summed E-state index contributed by atoms with van der Waals surface area (Å²) in [5, 5.41) is 0.340. The Labute approximate surface area is 162 Å². The molecule has 8 nitrogen and oxygen atoms in total. The molecule has 0 saturated carbocycles. The van der Waals surface area contributed by atoms with Gasteiger partial charge in [-0.25, -0.2) is 8.42 Å². The van der Waals surface area contributed by atoms with Crippen molar-refractivity contribution in [2.24, 2.45) is 5.92 Å². The van der Waals surface area contributed by atoms with E-state index in [0.29, 0.717) is 28.7 Å². The summed E-state index contributed by atoms with van der Waals surface area (Å²) in [6.45, 7) is 2.25. The van der Waals surface area contributed by atoms with Crippen LogP contribution in [0.5, 0.6) is 11.5 Å². The van der Waals surface area contributed by atoms with Gasteiger partial charge in [0.2, 0.25) is 5.91 Å². The van der Waals surface area contributed by atoms with Crippen LogP contribution in [0, 0.1) is 5.92 Å². The maximum absolute atomic E-state index is 11.9. The highest BCUT2D eigenvalue weighted by atomic mass is 35.5. The van der Waals surface area contributed by atoms with Crippen LogP contribution in [-0.4, -0.2) is 45.5 Å². The molecule has 1 aliphatic heterocycles. The van der Waals surface area contributed by atoms with Gasteiger partial charge in [-0.05, 0) is 37.1 Å². The zero-order valence-corrected chi connectivity index (χ0v) is 16.5. The number of amides is 2. The first-order chi connectivity index (χ1) is 12.8. The zero-order chi connectivity index (χ0) is 20.0. The molecule has 1 fully saturated rings. The zero-order valence-electron chi connectivity index (χ0n) is 15.0. The number of methoxy groups -OCH3 is 1. The molecule has 2 N–H and O–H groups in total. The number of benzene rings is 1. The van der Waals surface area contributed by atoms with Crippen molar-refractivity contribution in [3.05, 3.63) is 28.8 Å². The van der Waals surface area contributed by atoms with Gasteiger partial charge in [0.05, 0.1) is 36.2 Å². The number of sulfone groups is 1. The second kappa shape index (κ2) is 9.09. The lowest BCUT2D eigenvalue weighted by atomic mass is 10.1. The van der Waals surface area contributed by atoms with Gasteiger partial charge in [-0.3, -0.25) is 20.4 Å². The van der Waals surface area contributed by atoms with Crippen molar-refractivity contribution in [1.29, 1.82) is 0 Å². The molecule has 1 heterocycles. The maximum atomic E-state index is 11.9. The molecule has 1 aromatic carbocycles. The lowest BCUT2D eigenvalue weighted by molar-refractivity contribution is -0.129. The third kappa shape index (κ3) is 5.86. The van der Waals surface area contributed by atoms with Gasteiger partial charge in [-0.1, -0.05) is 11.6 Å². The maximum Gasteiger partial charge on any atom is 0.262 e. The van der Waals surface area contributed by atoms with Gasteiger partial charge in [0.15, 0.2) is 21.3 Å². The minimum atomic E-state index is -3.17. The predicted molar refractivity (Wildman–Crippen MR) is 101 cm³/mol. The standard InChI is InChI=1S/C17H21ClN2O6S/c1-3-26-16-13(18)8-11(9-14(16)25-2)4-5-15(21)19-20-17(22)12-6-7-27(23,24)10-12/h4-5,8-9,12H,3,6-7,10H2,1-2H3,(H,19,21)(H,20,22)/b5-4+/t12-/m1/s1.